The lowest BCUT2D eigenvalue weighted by Gasteiger charge is -2.15. The van der Waals surface area contributed by atoms with Crippen LogP contribution in [-0.2, 0) is 14.3 Å². The molecule has 0 spiro atoms. The average Bonchev–Trinajstić information content (AvgIpc) is 2.68. The number of anilines is 1. The van der Waals surface area contributed by atoms with Gasteiger partial charge in [-0.2, -0.15) is 0 Å². The first kappa shape index (κ1) is 19.9. The first-order chi connectivity index (χ1) is 12.9. The third-order valence-corrected chi connectivity index (χ3v) is 3.90. The number of methoxy groups -OCH3 is 1. The van der Waals surface area contributed by atoms with Crippen LogP contribution >= 0.6 is 0 Å². The highest BCUT2D eigenvalue weighted by atomic mass is 16.5. The lowest BCUT2D eigenvalue weighted by atomic mass is 10.1. The minimum atomic E-state index is -0.751. The second-order valence-corrected chi connectivity index (χ2v) is 5.98. The molecular formula is C21H22N2O4. The van der Waals surface area contributed by atoms with Crippen molar-refractivity contribution in [3.8, 4) is 0 Å². The van der Waals surface area contributed by atoms with Crippen LogP contribution in [0.5, 0.6) is 0 Å². The molecule has 0 saturated heterocycles. The van der Waals surface area contributed by atoms with E-state index in [1.165, 1.54) is 13.2 Å². The van der Waals surface area contributed by atoms with Crippen LogP contribution in [0.4, 0.5) is 5.69 Å². The number of carbonyl (C=O) groups excluding carboxylic acids is 3. The van der Waals surface area contributed by atoms with Crippen molar-refractivity contribution in [2.24, 2.45) is 0 Å². The summed E-state index contributed by atoms with van der Waals surface area (Å²) >= 11 is 0. The molecule has 140 valence electrons. The Morgan fingerprint density at radius 1 is 1.07 bits per heavy atom. The number of rotatable bonds is 6. The topological polar surface area (TPSA) is 84.5 Å². The van der Waals surface area contributed by atoms with E-state index in [2.05, 4.69) is 15.4 Å². The Hall–Kier alpha value is -3.41. The SMILES string of the molecule is COC(=O)c1ccc(C)c(NC(=O)[C@H](C)NC(=O)/C=C/c2ccccc2)c1. The van der Waals surface area contributed by atoms with E-state index in [4.69, 9.17) is 0 Å². The molecule has 2 N–H and O–H groups in total. The Morgan fingerprint density at radius 2 is 1.78 bits per heavy atom. The zero-order valence-corrected chi connectivity index (χ0v) is 15.5. The normalized spacial score (nSPS) is 11.7. The maximum Gasteiger partial charge on any atom is 0.337 e. The smallest absolute Gasteiger partial charge is 0.337 e. The van der Waals surface area contributed by atoms with E-state index in [0.29, 0.717) is 11.3 Å². The van der Waals surface area contributed by atoms with Gasteiger partial charge in [-0.15, -0.1) is 0 Å². The summed E-state index contributed by atoms with van der Waals surface area (Å²) < 4.78 is 4.68. The van der Waals surface area contributed by atoms with Crippen LogP contribution in [0.2, 0.25) is 0 Å². The number of carbonyl (C=O) groups is 3. The standard InChI is InChI=1S/C21H22N2O4/c1-14-9-11-17(21(26)27-3)13-18(14)23-20(25)15(2)22-19(24)12-10-16-7-5-4-6-8-16/h4-13,15H,1-3H3,(H,22,24)(H,23,25)/b12-10+/t15-/m0/s1. The summed E-state index contributed by atoms with van der Waals surface area (Å²) in [4.78, 5) is 36.0. The van der Waals surface area contributed by atoms with Crippen LogP contribution in [0.1, 0.15) is 28.4 Å². The lowest BCUT2D eigenvalue weighted by molar-refractivity contribution is -0.123. The predicted molar refractivity (Wildman–Crippen MR) is 104 cm³/mol. The Balaban J connectivity index is 1.98. The molecule has 0 aliphatic carbocycles. The van der Waals surface area contributed by atoms with Crippen molar-refractivity contribution in [3.63, 3.8) is 0 Å². The first-order valence-electron chi connectivity index (χ1n) is 8.44. The highest BCUT2D eigenvalue weighted by Gasteiger charge is 2.16. The summed E-state index contributed by atoms with van der Waals surface area (Å²) in [5, 5.41) is 5.33. The van der Waals surface area contributed by atoms with Gasteiger partial charge < -0.3 is 15.4 Å². The van der Waals surface area contributed by atoms with Crippen molar-refractivity contribution in [1.82, 2.24) is 5.32 Å². The fourth-order valence-corrected chi connectivity index (χ4v) is 2.31. The molecule has 0 saturated carbocycles. The van der Waals surface area contributed by atoms with Crippen LogP contribution in [0, 0.1) is 6.92 Å². The largest absolute Gasteiger partial charge is 0.465 e. The van der Waals surface area contributed by atoms with Crippen LogP contribution in [0.3, 0.4) is 0 Å². The van der Waals surface area contributed by atoms with Gasteiger partial charge in [0.25, 0.3) is 0 Å². The van der Waals surface area contributed by atoms with Crippen LogP contribution in [-0.4, -0.2) is 30.9 Å². The van der Waals surface area contributed by atoms with Gasteiger partial charge in [-0.1, -0.05) is 36.4 Å². The van der Waals surface area contributed by atoms with Gasteiger partial charge in [0.2, 0.25) is 11.8 Å². The molecule has 2 aromatic carbocycles. The van der Waals surface area contributed by atoms with E-state index in [0.717, 1.165) is 11.1 Å². The molecule has 27 heavy (non-hydrogen) atoms. The van der Waals surface area contributed by atoms with Gasteiger partial charge in [0, 0.05) is 11.8 Å². The molecule has 6 heteroatoms. The van der Waals surface area contributed by atoms with Gasteiger partial charge in [0.15, 0.2) is 0 Å². The van der Waals surface area contributed by atoms with Crippen molar-refractivity contribution in [2.75, 3.05) is 12.4 Å². The number of ether oxygens (including phenoxy) is 1. The number of nitrogens with one attached hydrogen (secondary N) is 2. The van der Waals surface area contributed by atoms with Gasteiger partial charge >= 0.3 is 5.97 Å². The quantitative estimate of drug-likeness (QED) is 0.608. The van der Waals surface area contributed by atoms with Gasteiger partial charge in [-0.25, -0.2) is 4.79 Å². The van der Waals surface area contributed by atoms with E-state index in [-0.39, 0.29) is 11.8 Å². The van der Waals surface area contributed by atoms with Gasteiger partial charge in [-0.05, 0) is 43.2 Å². The van der Waals surface area contributed by atoms with Gasteiger partial charge in [0.05, 0.1) is 12.7 Å². The van der Waals surface area contributed by atoms with Gasteiger partial charge in [-0.3, -0.25) is 9.59 Å². The zero-order valence-electron chi connectivity index (χ0n) is 15.5. The molecule has 0 bridgehead atoms. The summed E-state index contributed by atoms with van der Waals surface area (Å²) in [6.45, 7) is 3.39. The van der Waals surface area contributed by atoms with Crippen molar-refractivity contribution >= 4 is 29.5 Å². The fraction of sp³-hybridized carbons (Fsp3) is 0.190. The molecule has 0 aromatic heterocycles. The number of hydrogen-bond donors (Lipinski definition) is 2. The molecule has 0 fully saturated rings. The molecule has 0 heterocycles. The van der Waals surface area contributed by atoms with E-state index in [1.807, 2.05) is 37.3 Å². The summed E-state index contributed by atoms with van der Waals surface area (Å²) in [5.41, 5.74) is 2.50. The molecule has 2 amide bonds. The number of esters is 1. The lowest BCUT2D eigenvalue weighted by Crippen LogP contribution is -2.41. The minimum absolute atomic E-state index is 0.334. The van der Waals surface area contributed by atoms with Crippen LogP contribution in [0.25, 0.3) is 6.08 Å². The van der Waals surface area contributed by atoms with Crippen LogP contribution < -0.4 is 10.6 Å². The van der Waals surface area contributed by atoms with Crippen LogP contribution in [0.15, 0.2) is 54.6 Å². The van der Waals surface area contributed by atoms with Gasteiger partial charge in [0.1, 0.15) is 6.04 Å². The highest BCUT2D eigenvalue weighted by molar-refractivity contribution is 6.01. The van der Waals surface area contributed by atoms with Crippen molar-refractivity contribution in [2.45, 2.75) is 19.9 Å². The van der Waals surface area contributed by atoms with E-state index < -0.39 is 12.0 Å². The number of hydrogen-bond acceptors (Lipinski definition) is 4. The maximum atomic E-state index is 12.4. The summed E-state index contributed by atoms with van der Waals surface area (Å²) in [7, 11) is 1.29. The molecule has 6 nitrogen and oxygen atoms in total. The number of benzene rings is 2. The minimum Gasteiger partial charge on any atom is -0.465 e. The Bertz CT molecular complexity index is 860. The molecule has 0 radical (unpaired) electrons. The summed E-state index contributed by atoms with van der Waals surface area (Å²) in [6.07, 6.45) is 3.05. The maximum absolute atomic E-state index is 12.4. The Morgan fingerprint density at radius 3 is 2.44 bits per heavy atom. The van der Waals surface area contributed by atoms with E-state index >= 15 is 0 Å². The molecule has 2 rings (SSSR count). The third kappa shape index (κ3) is 5.81. The monoisotopic (exact) mass is 366 g/mol. The van der Waals surface area contributed by atoms with Crippen molar-refractivity contribution < 1.29 is 19.1 Å². The zero-order chi connectivity index (χ0) is 19.8. The summed E-state index contributed by atoms with van der Waals surface area (Å²) in [6, 6.07) is 13.5. The predicted octanol–water partition coefficient (Wildman–Crippen LogP) is 2.94. The van der Waals surface area contributed by atoms with Crippen molar-refractivity contribution in [3.05, 3.63) is 71.3 Å². The molecule has 1 atom stereocenters. The average molecular weight is 366 g/mol. The fourth-order valence-electron chi connectivity index (χ4n) is 2.31. The summed E-state index contributed by atoms with van der Waals surface area (Å²) in [5.74, 6) is -1.25. The van der Waals surface area contributed by atoms with E-state index in [9.17, 15) is 14.4 Å². The molecule has 0 aliphatic rings. The molecule has 2 aromatic rings. The third-order valence-electron chi connectivity index (χ3n) is 3.90. The molecule has 0 aliphatic heterocycles. The highest BCUT2D eigenvalue weighted by Crippen LogP contribution is 2.18. The number of aryl methyl sites for hydroxylation is 1. The Kier molecular flexibility index (Phi) is 6.88. The van der Waals surface area contributed by atoms with Crippen molar-refractivity contribution in [1.29, 1.82) is 0 Å². The molecular weight excluding hydrogens is 344 g/mol. The second kappa shape index (κ2) is 9.33. The first-order valence-corrected chi connectivity index (χ1v) is 8.44. The van der Waals surface area contributed by atoms with E-state index in [1.54, 1.807) is 31.2 Å². The molecule has 0 unspecified atom stereocenters. The Labute approximate surface area is 158 Å². The number of amides is 2. The second-order valence-electron chi connectivity index (χ2n) is 5.98.